The molecule has 3 heteroatoms. The molecule has 3 rings (SSSR count). The SMILES string of the molecule is Cc1[c-]c2c(cc1)Cc1ccc(C)c(C)c1CC2.[Y].[Y].[Y]. The van der Waals surface area contributed by atoms with Crippen molar-refractivity contribution in [2.24, 2.45) is 0 Å². The molecule has 0 saturated heterocycles. The monoisotopic (exact) mass is 502 g/mol. The molecule has 0 saturated carbocycles. The van der Waals surface area contributed by atoms with Crippen LogP contribution in [0.2, 0.25) is 0 Å². The zero-order valence-corrected chi connectivity index (χ0v) is 21.7. The van der Waals surface area contributed by atoms with Gasteiger partial charge in [-0.05, 0) is 49.8 Å². The molecule has 0 aromatic heterocycles. The average molecular weight is 502 g/mol. The van der Waals surface area contributed by atoms with Crippen LogP contribution in [0.25, 0.3) is 0 Å². The van der Waals surface area contributed by atoms with E-state index < -0.39 is 0 Å². The van der Waals surface area contributed by atoms with Crippen molar-refractivity contribution in [1.82, 2.24) is 0 Å². The Morgan fingerprint density at radius 2 is 1.48 bits per heavy atom. The van der Waals surface area contributed by atoms with Crippen LogP contribution in [0.15, 0.2) is 24.3 Å². The summed E-state index contributed by atoms with van der Waals surface area (Å²) in [5, 5.41) is 0. The van der Waals surface area contributed by atoms with Gasteiger partial charge in [0.1, 0.15) is 0 Å². The van der Waals surface area contributed by atoms with E-state index in [1.165, 1.54) is 33.4 Å². The third kappa shape index (κ3) is 5.11. The molecule has 3 radical (unpaired) electrons. The van der Waals surface area contributed by atoms with E-state index in [2.05, 4.69) is 51.1 Å². The molecule has 21 heavy (non-hydrogen) atoms. The smallest absolute Gasteiger partial charge is 0 e. The second-order valence-corrected chi connectivity index (χ2v) is 5.47. The summed E-state index contributed by atoms with van der Waals surface area (Å²) < 4.78 is 0. The fraction of sp³-hybridized carbons (Fsp3) is 0.333. The number of fused-ring (bicyclic) bond motifs is 2. The van der Waals surface area contributed by atoms with E-state index in [4.69, 9.17) is 0 Å². The zero-order valence-electron chi connectivity index (χ0n) is 13.2. The van der Waals surface area contributed by atoms with Crippen LogP contribution < -0.4 is 0 Å². The summed E-state index contributed by atoms with van der Waals surface area (Å²) >= 11 is 0. The van der Waals surface area contributed by atoms with Crippen LogP contribution in [0, 0.1) is 26.8 Å². The largest absolute Gasteiger partial charge is 0.177 e. The molecule has 0 nitrogen and oxygen atoms in total. The van der Waals surface area contributed by atoms with Crippen LogP contribution in [0.5, 0.6) is 0 Å². The minimum atomic E-state index is 0. The minimum absolute atomic E-state index is 0. The number of rotatable bonds is 0. The number of benzene rings is 2. The minimum Gasteiger partial charge on any atom is -0.177 e. The quantitative estimate of drug-likeness (QED) is 0.477. The molecular formula is C18H19Y3-. The van der Waals surface area contributed by atoms with Crippen molar-refractivity contribution in [2.45, 2.75) is 40.0 Å². The van der Waals surface area contributed by atoms with Crippen LogP contribution in [0.4, 0.5) is 0 Å². The molecule has 1 aliphatic rings. The Bertz CT molecular complexity index is 618. The molecule has 0 amide bonds. The van der Waals surface area contributed by atoms with Crippen LogP contribution >= 0.6 is 0 Å². The first-order valence-electron chi connectivity index (χ1n) is 6.74. The maximum absolute atomic E-state index is 3.54. The Morgan fingerprint density at radius 3 is 2.19 bits per heavy atom. The standard InChI is InChI=1S/C18H19.3Y/c1-12-4-6-16-11-17-7-5-13(2)14(3)18(17)9-8-15(16)10-12;;;/h4-7H,8-9,11H2,1-3H3;;;/q-1;;;. The van der Waals surface area contributed by atoms with Gasteiger partial charge in [0.25, 0.3) is 0 Å². The third-order valence-electron chi connectivity index (χ3n) is 4.24. The predicted octanol–water partition coefficient (Wildman–Crippen LogP) is 4.09. The van der Waals surface area contributed by atoms with Gasteiger partial charge in [-0.25, -0.2) is 0 Å². The van der Waals surface area contributed by atoms with Crippen molar-refractivity contribution in [3.8, 4) is 0 Å². The van der Waals surface area contributed by atoms with Crippen LogP contribution in [-0.4, -0.2) is 0 Å². The van der Waals surface area contributed by atoms with E-state index >= 15 is 0 Å². The van der Waals surface area contributed by atoms with Crippen molar-refractivity contribution < 1.29 is 98.1 Å². The molecule has 101 valence electrons. The van der Waals surface area contributed by atoms with Crippen molar-refractivity contribution in [2.75, 3.05) is 0 Å². The summed E-state index contributed by atoms with van der Waals surface area (Å²) in [6.45, 7) is 6.61. The van der Waals surface area contributed by atoms with Gasteiger partial charge in [0.15, 0.2) is 0 Å². The average Bonchev–Trinajstić information content (AvgIpc) is 2.53. The summed E-state index contributed by atoms with van der Waals surface area (Å²) in [6, 6.07) is 12.6. The Morgan fingerprint density at radius 1 is 0.810 bits per heavy atom. The molecule has 2 aromatic rings. The van der Waals surface area contributed by atoms with Crippen molar-refractivity contribution >= 4 is 0 Å². The van der Waals surface area contributed by atoms with E-state index in [-0.39, 0.29) is 98.1 Å². The van der Waals surface area contributed by atoms with Gasteiger partial charge in [-0.3, -0.25) is 0 Å². The second kappa shape index (κ2) is 9.91. The van der Waals surface area contributed by atoms with Crippen LogP contribution in [-0.2, 0) is 117 Å². The Kier molecular flexibility index (Phi) is 10.7. The fourth-order valence-electron chi connectivity index (χ4n) is 2.97. The summed E-state index contributed by atoms with van der Waals surface area (Å²) in [5.41, 5.74) is 10.1. The van der Waals surface area contributed by atoms with Crippen molar-refractivity contribution in [1.29, 1.82) is 0 Å². The molecule has 0 aliphatic heterocycles. The van der Waals surface area contributed by atoms with Gasteiger partial charge in [0.2, 0.25) is 0 Å². The molecule has 0 unspecified atom stereocenters. The Hall–Kier alpha value is 1.75. The number of aryl methyl sites for hydroxylation is 3. The van der Waals surface area contributed by atoms with Crippen LogP contribution in [0.1, 0.15) is 38.9 Å². The molecule has 0 spiro atoms. The maximum Gasteiger partial charge on any atom is 0 e. The molecule has 0 N–H and O–H groups in total. The van der Waals surface area contributed by atoms with Crippen molar-refractivity contribution in [3.63, 3.8) is 0 Å². The zero-order chi connectivity index (χ0) is 12.7. The first-order chi connectivity index (χ1) is 8.65. The topological polar surface area (TPSA) is 0 Å². The fourth-order valence-corrected chi connectivity index (χ4v) is 2.97. The number of hydrogen-bond acceptors (Lipinski definition) is 0. The normalized spacial score (nSPS) is 11.8. The van der Waals surface area contributed by atoms with Gasteiger partial charge in [-0.1, -0.05) is 24.6 Å². The molecule has 0 heterocycles. The summed E-state index contributed by atoms with van der Waals surface area (Å²) in [7, 11) is 0. The maximum atomic E-state index is 3.54. The first kappa shape index (κ1) is 22.8. The van der Waals surface area contributed by atoms with Gasteiger partial charge in [-0.2, -0.15) is 29.3 Å². The van der Waals surface area contributed by atoms with E-state index in [0.717, 1.165) is 19.3 Å². The van der Waals surface area contributed by atoms with Crippen molar-refractivity contribution in [3.05, 3.63) is 69.3 Å². The number of hydrogen-bond donors (Lipinski definition) is 0. The predicted molar refractivity (Wildman–Crippen MR) is 76.1 cm³/mol. The van der Waals surface area contributed by atoms with Gasteiger partial charge < -0.3 is 0 Å². The molecule has 0 atom stereocenters. The van der Waals surface area contributed by atoms with Gasteiger partial charge in [-0.15, -0.1) is 5.56 Å². The summed E-state index contributed by atoms with van der Waals surface area (Å²) in [4.78, 5) is 0. The summed E-state index contributed by atoms with van der Waals surface area (Å²) in [6.07, 6.45) is 3.37. The van der Waals surface area contributed by atoms with E-state index in [1.54, 1.807) is 5.56 Å². The second-order valence-electron chi connectivity index (χ2n) is 5.47. The van der Waals surface area contributed by atoms with E-state index in [0.29, 0.717) is 0 Å². The Balaban J connectivity index is 0.00000133. The first-order valence-corrected chi connectivity index (χ1v) is 6.74. The molecule has 0 bridgehead atoms. The van der Waals surface area contributed by atoms with Gasteiger partial charge in [0.05, 0.1) is 0 Å². The molecule has 0 fully saturated rings. The molecule has 2 aromatic carbocycles. The molecule has 1 aliphatic carbocycles. The van der Waals surface area contributed by atoms with E-state index in [1.807, 2.05) is 0 Å². The van der Waals surface area contributed by atoms with Gasteiger partial charge >= 0.3 is 0 Å². The van der Waals surface area contributed by atoms with Crippen LogP contribution in [0.3, 0.4) is 0 Å². The van der Waals surface area contributed by atoms with Gasteiger partial charge in [0, 0.05) is 98.1 Å². The van der Waals surface area contributed by atoms with E-state index in [9.17, 15) is 0 Å². The Labute approximate surface area is 204 Å². The molecular weight excluding hydrogens is 483 g/mol. The third-order valence-corrected chi connectivity index (χ3v) is 4.24. The summed E-state index contributed by atoms with van der Waals surface area (Å²) in [5.74, 6) is 0.